The Morgan fingerprint density at radius 3 is 2.56 bits per heavy atom. The molecule has 0 bridgehead atoms. The largest absolute Gasteiger partial charge is 0.281 e. The van der Waals surface area contributed by atoms with Gasteiger partial charge in [0.1, 0.15) is 0 Å². The van der Waals surface area contributed by atoms with Crippen molar-refractivity contribution in [3.8, 4) is 0 Å². The number of para-hydroxylation sites is 1. The van der Waals surface area contributed by atoms with Crippen LogP contribution in [-0.2, 0) is 12.3 Å². The van der Waals surface area contributed by atoms with Gasteiger partial charge >= 0.3 is 0 Å². The van der Waals surface area contributed by atoms with Gasteiger partial charge in [0.25, 0.3) is 5.56 Å². The summed E-state index contributed by atoms with van der Waals surface area (Å²) >= 11 is 1.59. The standard InChI is InChI=1S/C22H19N3OS/c1-16-8-2-3-9-17(16)15-27-22-24-20-12-5-4-11-19(20)21(26)25(22)14-18-10-6-7-13-23-18/h2-13H,14-15H2,1H3. The zero-order chi connectivity index (χ0) is 18.6. The Morgan fingerprint density at radius 2 is 1.74 bits per heavy atom. The summed E-state index contributed by atoms with van der Waals surface area (Å²) in [5.41, 5.74) is 4.03. The summed E-state index contributed by atoms with van der Waals surface area (Å²) in [5.74, 6) is 0.764. The van der Waals surface area contributed by atoms with Gasteiger partial charge in [-0.2, -0.15) is 0 Å². The van der Waals surface area contributed by atoms with E-state index in [1.807, 2.05) is 54.6 Å². The maximum absolute atomic E-state index is 13.1. The van der Waals surface area contributed by atoms with E-state index >= 15 is 0 Å². The number of hydrogen-bond donors (Lipinski definition) is 0. The Balaban J connectivity index is 1.76. The highest BCUT2D eigenvalue weighted by molar-refractivity contribution is 7.98. The summed E-state index contributed by atoms with van der Waals surface area (Å²) in [6.07, 6.45) is 1.75. The number of hydrogen-bond acceptors (Lipinski definition) is 4. The molecule has 0 aliphatic carbocycles. The summed E-state index contributed by atoms with van der Waals surface area (Å²) in [5, 5.41) is 1.35. The van der Waals surface area contributed by atoms with E-state index in [0.29, 0.717) is 17.1 Å². The molecule has 2 aromatic carbocycles. The van der Waals surface area contributed by atoms with Gasteiger partial charge in [-0.05, 0) is 42.3 Å². The summed E-state index contributed by atoms with van der Waals surface area (Å²) < 4.78 is 1.73. The Bertz CT molecular complexity index is 1140. The molecular formula is C22H19N3OS. The van der Waals surface area contributed by atoms with Crippen molar-refractivity contribution < 1.29 is 0 Å². The van der Waals surface area contributed by atoms with Gasteiger partial charge in [-0.1, -0.05) is 54.2 Å². The molecule has 27 heavy (non-hydrogen) atoms. The Kier molecular flexibility index (Phi) is 5.03. The maximum Gasteiger partial charge on any atom is 0.262 e. The molecule has 4 nitrogen and oxygen atoms in total. The van der Waals surface area contributed by atoms with Crippen LogP contribution in [0.25, 0.3) is 10.9 Å². The molecule has 4 aromatic rings. The van der Waals surface area contributed by atoms with Gasteiger partial charge < -0.3 is 0 Å². The molecule has 0 amide bonds. The van der Waals surface area contributed by atoms with Crippen LogP contribution < -0.4 is 5.56 Å². The molecule has 0 aliphatic heterocycles. The van der Waals surface area contributed by atoms with Crippen molar-refractivity contribution >= 4 is 22.7 Å². The summed E-state index contributed by atoms with van der Waals surface area (Å²) in [7, 11) is 0. The highest BCUT2D eigenvalue weighted by atomic mass is 32.2. The lowest BCUT2D eigenvalue weighted by Gasteiger charge is -2.13. The van der Waals surface area contributed by atoms with Gasteiger partial charge in [-0.15, -0.1) is 0 Å². The number of fused-ring (bicyclic) bond motifs is 1. The highest BCUT2D eigenvalue weighted by Crippen LogP contribution is 2.24. The SMILES string of the molecule is Cc1ccccc1CSc1nc2ccccc2c(=O)n1Cc1ccccn1. The average molecular weight is 373 g/mol. The van der Waals surface area contributed by atoms with Crippen molar-refractivity contribution in [3.05, 3.63) is 100 Å². The zero-order valence-corrected chi connectivity index (χ0v) is 15.8. The van der Waals surface area contributed by atoms with Gasteiger partial charge in [-0.25, -0.2) is 4.98 Å². The number of aromatic nitrogens is 3. The topological polar surface area (TPSA) is 47.8 Å². The van der Waals surface area contributed by atoms with Crippen LogP contribution in [0.4, 0.5) is 0 Å². The smallest absolute Gasteiger partial charge is 0.262 e. The number of thioether (sulfide) groups is 1. The number of nitrogens with zero attached hydrogens (tertiary/aromatic N) is 3. The van der Waals surface area contributed by atoms with Crippen LogP contribution in [0.1, 0.15) is 16.8 Å². The molecule has 0 aliphatic rings. The van der Waals surface area contributed by atoms with Gasteiger partial charge in [0.05, 0.1) is 23.1 Å². The minimum absolute atomic E-state index is 0.0291. The van der Waals surface area contributed by atoms with Crippen LogP contribution in [0, 0.1) is 6.92 Å². The minimum Gasteiger partial charge on any atom is -0.281 e. The third-order valence-electron chi connectivity index (χ3n) is 4.49. The lowest BCUT2D eigenvalue weighted by atomic mass is 10.1. The Labute approximate surface area is 161 Å². The van der Waals surface area contributed by atoms with Crippen molar-refractivity contribution in [2.75, 3.05) is 0 Å². The van der Waals surface area contributed by atoms with E-state index in [4.69, 9.17) is 4.98 Å². The fourth-order valence-electron chi connectivity index (χ4n) is 2.97. The molecule has 0 spiro atoms. The predicted molar refractivity (Wildman–Crippen MR) is 110 cm³/mol. The summed E-state index contributed by atoms with van der Waals surface area (Å²) in [4.78, 5) is 22.3. The number of pyridine rings is 1. The van der Waals surface area contributed by atoms with E-state index in [9.17, 15) is 4.79 Å². The van der Waals surface area contributed by atoms with Crippen molar-refractivity contribution in [2.24, 2.45) is 0 Å². The van der Waals surface area contributed by atoms with Gasteiger partial charge in [0.2, 0.25) is 0 Å². The molecule has 2 aromatic heterocycles. The molecular weight excluding hydrogens is 354 g/mol. The Hall–Kier alpha value is -2.92. The third kappa shape index (κ3) is 3.78. The second-order valence-electron chi connectivity index (χ2n) is 6.34. The number of rotatable bonds is 5. The molecule has 0 fully saturated rings. The first-order chi connectivity index (χ1) is 13.2. The second kappa shape index (κ2) is 7.76. The van der Waals surface area contributed by atoms with Crippen LogP contribution in [0.3, 0.4) is 0 Å². The van der Waals surface area contributed by atoms with E-state index < -0.39 is 0 Å². The quantitative estimate of drug-likeness (QED) is 0.383. The fourth-order valence-corrected chi connectivity index (χ4v) is 4.04. The van der Waals surface area contributed by atoms with Crippen molar-refractivity contribution in [2.45, 2.75) is 24.4 Å². The van der Waals surface area contributed by atoms with Gasteiger partial charge in [0.15, 0.2) is 5.16 Å². The van der Waals surface area contributed by atoms with E-state index in [-0.39, 0.29) is 5.56 Å². The lowest BCUT2D eigenvalue weighted by molar-refractivity contribution is 0.646. The van der Waals surface area contributed by atoms with Crippen LogP contribution in [0.2, 0.25) is 0 Å². The first kappa shape index (κ1) is 17.5. The van der Waals surface area contributed by atoms with Gasteiger partial charge in [-0.3, -0.25) is 14.3 Å². The minimum atomic E-state index is -0.0291. The number of benzene rings is 2. The van der Waals surface area contributed by atoms with E-state index in [1.54, 1.807) is 22.5 Å². The molecule has 0 N–H and O–H groups in total. The van der Waals surface area contributed by atoms with Crippen LogP contribution in [0.15, 0.2) is 82.9 Å². The fraction of sp³-hybridized carbons (Fsp3) is 0.136. The molecule has 0 saturated heterocycles. The summed E-state index contributed by atoms with van der Waals surface area (Å²) in [6, 6.07) is 21.5. The van der Waals surface area contributed by atoms with Crippen molar-refractivity contribution in [1.29, 1.82) is 0 Å². The first-order valence-corrected chi connectivity index (χ1v) is 9.78. The lowest BCUT2D eigenvalue weighted by Crippen LogP contribution is -2.24. The Morgan fingerprint density at radius 1 is 0.963 bits per heavy atom. The summed E-state index contributed by atoms with van der Waals surface area (Å²) in [6.45, 7) is 2.51. The average Bonchev–Trinajstić information content (AvgIpc) is 2.71. The number of aryl methyl sites for hydroxylation is 1. The van der Waals surface area contributed by atoms with Crippen molar-refractivity contribution in [1.82, 2.24) is 14.5 Å². The maximum atomic E-state index is 13.1. The third-order valence-corrected chi connectivity index (χ3v) is 5.52. The molecule has 0 saturated carbocycles. The zero-order valence-electron chi connectivity index (χ0n) is 15.0. The molecule has 5 heteroatoms. The van der Waals surface area contributed by atoms with Crippen LogP contribution >= 0.6 is 11.8 Å². The first-order valence-electron chi connectivity index (χ1n) is 8.79. The van der Waals surface area contributed by atoms with E-state index in [0.717, 1.165) is 17.0 Å². The van der Waals surface area contributed by atoms with Crippen LogP contribution in [-0.4, -0.2) is 14.5 Å². The van der Waals surface area contributed by atoms with Crippen molar-refractivity contribution in [3.63, 3.8) is 0 Å². The predicted octanol–water partition coefficient (Wildman–Crippen LogP) is 4.44. The normalized spacial score (nSPS) is 11.0. The molecule has 2 heterocycles. The van der Waals surface area contributed by atoms with E-state index in [2.05, 4.69) is 24.0 Å². The van der Waals surface area contributed by atoms with Crippen LogP contribution in [0.5, 0.6) is 0 Å². The van der Waals surface area contributed by atoms with Gasteiger partial charge in [0, 0.05) is 11.9 Å². The molecule has 0 radical (unpaired) electrons. The van der Waals surface area contributed by atoms with E-state index in [1.165, 1.54) is 11.1 Å². The molecule has 134 valence electrons. The highest BCUT2D eigenvalue weighted by Gasteiger charge is 2.13. The monoisotopic (exact) mass is 373 g/mol. The molecule has 0 unspecified atom stereocenters. The second-order valence-corrected chi connectivity index (χ2v) is 7.28. The molecule has 0 atom stereocenters. The molecule has 4 rings (SSSR count).